The summed E-state index contributed by atoms with van der Waals surface area (Å²) in [5.41, 5.74) is 2.69. The highest BCUT2D eigenvalue weighted by atomic mass is 35.5. The lowest BCUT2D eigenvalue weighted by molar-refractivity contribution is 0.348. The molecule has 25 heavy (non-hydrogen) atoms. The minimum atomic E-state index is -0.442. The maximum Gasteiger partial charge on any atom is 0.153 e. The van der Waals surface area contributed by atoms with Gasteiger partial charge in [-0.2, -0.15) is 0 Å². The number of hydrogen-bond donors (Lipinski definition) is 0. The minimum Gasteiger partial charge on any atom is -0.488 e. The molecule has 1 fully saturated rings. The molecule has 0 aromatic heterocycles. The summed E-state index contributed by atoms with van der Waals surface area (Å²) in [4.78, 5) is 0. The van der Waals surface area contributed by atoms with Gasteiger partial charge in [-0.1, -0.05) is 68.3 Å². The van der Waals surface area contributed by atoms with E-state index in [2.05, 4.69) is 25.6 Å². The first-order valence-electron chi connectivity index (χ1n) is 8.92. The second-order valence-electron chi connectivity index (χ2n) is 6.92. The molecule has 0 bridgehead atoms. The van der Waals surface area contributed by atoms with Crippen molar-refractivity contribution in [3.05, 3.63) is 65.5 Å². The molecule has 0 spiro atoms. The Morgan fingerprint density at radius 1 is 1.12 bits per heavy atom. The van der Waals surface area contributed by atoms with Crippen LogP contribution in [0.5, 0.6) is 5.75 Å². The van der Waals surface area contributed by atoms with Crippen LogP contribution in [0.15, 0.2) is 49.1 Å². The van der Waals surface area contributed by atoms with Gasteiger partial charge in [0.1, 0.15) is 17.4 Å². The van der Waals surface area contributed by atoms with Crippen molar-refractivity contribution < 1.29 is 9.13 Å². The van der Waals surface area contributed by atoms with Gasteiger partial charge in [-0.25, -0.2) is 4.39 Å². The van der Waals surface area contributed by atoms with Crippen LogP contribution in [0.2, 0.25) is 5.02 Å². The molecule has 1 nitrogen and oxygen atoms in total. The molecule has 1 saturated carbocycles. The van der Waals surface area contributed by atoms with Crippen LogP contribution < -0.4 is 4.74 Å². The lowest BCUT2D eigenvalue weighted by atomic mass is 9.79. The van der Waals surface area contributed by atoms with Crippen molar-refractivity contribution in [2.24, 2.45) is 5.92 Å². The van der Waals surface area contributed by atoms with Crippen molar-refractivity contribution in [2.45, 2.75) is 38.5 Å². The SMILES string of the molecule is C=CCOc1ccc(-c2ccc(C3CCC(C)CC3)cc2)c(F)c1Cl. The molecule has 0 heterocycles. The fourth-order valence-corrected chi connectivity index (χ4v) is 3.76. The van der Waals surface area contributed by atoms with E-state index in [1.165, 1.54) is 31.2 Å². The number of ether oxygens (including phenoxy) is 1. The second kappa shape index (κ2) is 8.05. The summed E-state index contributed by atoms with van der Waals surface area (Å²) in [6.45, 7) is 6.21. The van der Waals surface area contributed by atoms with Gasteiger partial charge in [0.25, 0.3) is 0 Å². The first kappa shape index (κ1) is 18.0. The van der Waals surface area contributed by atoms with Crippen LogP contribution in [0.3, 0.4) is 0 Å². The minimum absolute atomic E-state index is 0.0182. The maximum atomic E-state index is 14.6. The quantitative estimate of drug-likeness (QED) is 0.522. The van der Waals surface area contributed by atoms with Crippen LogP contribution in [0, 0.1) is 11.7 Å². The molecule has 3 heteroatoms. The Labute approximate surface area is 154 Å². The van der Waals surface area contributed by atoms with Crippen molar-refractivity contribution in [3.63, 3.8) is 0 Å². The van der Waals surface area contributed by atoms with Gasteiger partial charge in [0, 0.05) is 5.56 Å². The van der Waals surface area contributed by atoms with Crippen LogP contribution in [-0.2, 0) is 0 Å². The third kappa shape index (κ3) is 4.07. The predicted molar refractivity (Wildman–Crippen MR) is 103 cm³/mol. The van der Waals surface area contributed by atoms with E-state index in [4.69, 9.17) is 16.3 Å². The number of hydrogen-bond acceptors (Lipinski definition) is 1. The van der Waals surface area contributed by atoms with E-state index in [0.717, 1.165) is 11.5 Å². The van der Waals surface area contributed by atoms with E-state index in [1.807, 2.05) is 12.1 Å². The highest BCUT2D eigenvalue weighted by Crippen LogP contribution is 2.38. The normalized spacial score (nSPS) is 20.3. The highest BCUT2D eigenvalue weighted by molar-refractivity contribution is 6.32. The van der Waals surface area contributed by atoms with Gasteiger partial charge in [0.15, 0.2) is 5.82 Å². The molecule has 3 rings (SSSR count). The third-order valence-electron chi connectivity index (χ3n) is 5.11. The van der Waals surface area contributed by atoms with Crippen LogP contribution in [0.4, 0.5) is 4.39 Å². The topological polar surface area (TPSA) is 9.23 Å². The second-order valence-corrected chi connectivity index (χ2v) is 7.30. The largest absolute Gasteiger partial charge is 0.488 e. The molecule has 0 unspecified atom stereocenters. The van der Waals surface area contributed by atoms with Gasteiger partial charge < -0.3 is 4.74 Å². The van der Waals surface area contributed by atoms with Crippen LogP contribution in [-0.4, -0.2) is 6.61 Å². The summed E-state index contributed by atoms with van der Waals surface area (Å²) in [7, 11) is 0. The summed E-state index contributed by atoms with van der Waals surface area (Å²) < 4.78 is 20.0. The molecule has 0 amide bonds. The Morgan fingerprint density at radius 2 is 1.80 bits per heavy atom. The Bertz CT molecular complexity index is 730. The van der Waals surface area contributed by atoms with E-state index >= 15 is 0 Å². The summed E-state index contributed by atoms with van der Waals surface area (Å²) in [6, 6.07) is 11.7. The molecular weight excluding hydrogens is 335 g/mol. The van der Waals surface area contributed by atoms with Crippen molar-refractivity contribution in [1.82, 2.24) is 0 Å². The molecule has 0 radical (unpaired) electrons. The fraction of sp³-hybridized carbons (Fsp3) is 0.364. The van der Waals surface area contributed by atoms with Gasteiger partial charge in [-0.3, -0.25) is 0 Å². The van der Waals surface area contributed by atoms with Gasteiger partial charge in [0.05, 0.1) is 0 Å². The monoisotopic (exact) mass is 358 g/mol. The van der Waals surface area contributed by atoms with Gasteiger partial charge >= 0.3 is 0 Å². The Kier molecular flexibility index (Phi) is 5.80. The van der Waals surface area contributed by atoms with Crippen molar-refractivity contribution in [3.8, 4) is 16.9 Å². The summed E-state index contributed by atoms with van der Waals surface area (Å²) in [5, 5.41) is 0.0182. The van der Waals surface area contributed by atoms with E-state index in [0.29, 0.717) is 23.8 Å². The van der Waals surface area contributed by atoms with Crippen LogP contribution in [0.1, 0.15) is 44.1 Å². The average molecular weight is 359 g/mol. The molecule has 0 atom stereocenters. The van der Waals surface area contributed by atoms with E-state index in [9.17, 15) is 4.39 Å². The van der Waals surface area contributed by atoms with E-state index in [-0.39, 0.29) is 5.02 Å². The summed E-state index contributed by atoms with van der Waals surface area (Å²) in [5.74, 6) is 1.38. The lowest BCUT2D eigenvalue weighted by Crippen LogP contribution is -2.10. The predicted octanol–water partition coefficient (Wildman–Crippen LogP) is 7.00. The zero-order valence-electron chi connectivity index (χ0n) is 14.6. The molecule has 0 saturated heterocycles. The number of benzene rings is 2. The molecule has 1 aliphatic carbocycles. The molecule has 2 aromatic carbocycles. The van der Waals surface area contributed by atoms with E-state index in [1.54, 1.807) is 18.2 Å². The van der Waals surface area contributed by atoms with Gasteiger partial charge in [0.2, 0.25) is 0 Å². The standard InChI is InChI=1S/C22H24ClFO/c1-3-14-25-20-13-12-19(22(24)21(20)23)18-10-8-17(9-11-18)16-6-4-15(2)5-7-16/h3,8-13,15-16H,1,4-7,14H2,2H3. The number of rotatable bonds is 5. The number of halogens is 2. The molecule has 0 N–H and O–H groups in total. The van der Waals surface area contributed by atoms with Crippen LogP contribution >= 0.6 is 11.6 Å². The first-order chi connectivity index (χ1) is 12.1. The van der Waals surface area contributed by atoms with Gasteiger partial charge in [-0.05, 0) is 47.9 Å². The van der Waals surface area contributed by atoms with Gasteiger partial charge in [-0.15, -0.1) is 0 Å². The zero-order valence-corrected chi connectivity index (χ0v) is 15.4. The Morgan fingerprint density at radius 3 is 2.44 bits per heavy atom. The Hall–Kier alpha value is -1.80. The molecular formula is C22H24ClFO. The molecule has 1 aliphatic rings. The first-order valence-corrected chi connectivity index (χ1v) is 9.30. The highest BCUT2D eigenvalue weighted by Gasteiger charge is 2.20. The van der Waals surface area contributed by atoms with Crippen molar-refractivity contribution in [2.75, 3.05) is 6.61 Å². The molecule has 0 aliphatic heterocycles. The fourth-order valence-electron chi connectivity index (χ4n) is 3.54. The summed E-state index contributed by atoms with van der Waals surface area (Å²) in [6.07, 6.45) is 6.69. The average Bonchev–Trinajstić information content (AvgIpc) is 2.64. The summed E-state index contributed by atoms with van der Waals surface area (Å²) >= 11 is 6.12. The zero-order chi connectivity index (χ0) is 17.8. The molecule has 2 aromatic rings. The van der Waals surface area contributed by atoms with Crippen LogP contribution in [0.25, 0.3) is 11.1 Å². The Balaban J connectivity index is 1.80. The molecule has 132 valence electrons. The maximum absolute atomic E-state index is 14.6. The smallest absolute Gasteiger partial charge is 0.153 e. The van der Waals surface area contributed by atoms with E-state index < -0.39 is 5.82 Å². The third-order valence-corrected chi connectivity index (χ3v) is 5.46. The lowest BCUT2D eigenvalue weighted by Gasteiger charge is -2.26. The van der Waals surface area contributed by atoms with Crippen molar-refractivity contribution in [1.29, 1.82) is 0 Å². The van der Waals surface area contributed by atoms with Crippen molar-refractivity contribution >= 4 is 11.6 Å².